The number of likely N-dealkylation sites (N-methyl/N-ethyl adjacent to an activating group) is 2. The average Bonchev–Trinajstić information content (AvgIpc) is 2.12. The Hall–Kier alpha value is -0.0800. The van der Waals surface area contributed by atoms with Crippen LogP contribution in [0.5, 0.6) is 0 Å². The molecule has 0 aliphatic heterocycles. The van der Waals surface area contributed by atoms with Crippen molar-refractivity contribution in [2.75, 3.05) is 20.1 Å². The number of nitrogens with zero attached hydrogens (tertiary/aromatic N) is 1. The third-order valence-electron chi connectivity index (χ3n) is 2.84. The second-order valence-corrected chi connectivity index (χ2v) is 4.65. The predicted octanol–water partition coefficient (Wildman–Crippen LogP) is 2.35. The maximum Gasteiger partial charge on any atom is 0.0218 e. The molecule has 1 N–H and O–H groups in total. The minimum Gasteiger partial charge on any atom is -0.313 e. The van der Waals surface area contributed by atoms with Gasteiger partial charge >= 0.3 is 0 Å². The zero-order chi connectivity index (χ0) is 11.1. The van der Waals surface area contributed by atoms with Crippen LogP contribution in [0.4, 0.5) is 0 Å². The Kier molecular flexibility index (Phi) is 7.20. The number of hydrogen-bond acceptors (Lipinski definition) is 2. The summed E-state index contributed by atoms with van der Waals surface area (Å²) in [6, 6.07) is 1.26. The van der Waals surface area contributed by atoms with Crippen LogP contribution in [0.15, 0.2) is 0 Å². The number of hydrogen-bond donors (Lipinski definition) is 1. The molecule has 0 aromatic carbocycles. The van der Waals surface area contributed by atoms with Gasteiger partial charge in [0.1, 0.15) is 0 Å². The molecule has 0 aliphatic carbocycles. The highest BCUT2D eigenvalue weighted by molar-refractivity contribution is 4.78. The van der Waals surface area contributed by atoms with E-state index in [9.17, 15) is 0 Å². The zero-order valence-corrected chi connectivity index (χ0v) is 10.8. The molecule has 2 unspecified atom stereocenters. The van der Waals surface area contributed by atoms with Gasteiger partial charge in [0.15, 0.2) is 0 Å². The largest absolute Gasteiger partial charge is 0.313 e. The van der Waals surface area contributed by atoms with Gasteiger partial charge in [-0.15, -0.1) is 0 Å². The molecule has 0 amide bonds. The van der Waals surface area contributed by atoms with Crippen LogP contribution < -0.4 is 5.32 Å². The highest BCUT2D eigenvalue weighted by Gasteiger charge is 2.18. The Morgan fingerprint density at radius 3 is 2.07 bits per heavy atom. The maximum atomic E-state index is 3.54. The lowest BCUT2D eigenvalue weighted by Gasteiger charge is -2.33. The Bertz CT molecular complexity index is 134. The molecule has 0 aromatic rings. The van der Waals surface area contributed by atoms with Crippen molar-refractivity contribution in [3.05, 3.63) is 0 Å². The summed E-state index contributed by atoms with van der Waals surface area (Å²) >= 11 is 0. The highest BCUT2D eigenvalue weighted by Crippen LogP contribution is 2.08. The minimum atomic E-state index is 0.627. The smallest absolute Gasteiger partial charge is 0.0218 e. The molecule has 0 radical (unpaired) electrons. The van der Waals surface area contributed by atoms with E-state index in [1.165, 1.54) is 13.0 Å². The molecule has 0 fully saturated rings. The van der Waals surface area contributed by atoms with Crippen LogP contribution in [0.1, 0.15) is 41.0 Å². The molecule has 2 atom stereocenters. The Morgan fingerprint density at radius 1 is 1.14 bits per heavy atom. The Morgan fingerprint density at radius 2 is 1.71 bits per heavy atom. The number of nitrogens with one attached hydrogen (secondary N) is 1. The second kappa shape index (κ2) is 7.24. The van der Waals surface area contributed by atoms with Gasteiger partial charge in [0.2, 0.25) is 0 Å². The van der Waals surface area contributed by atoms with E-state index in [4.69, 9.17) is 0 Å². The molecule has 0 aromatic heterocycles. The quantitative estimate of drug-likeness (QED) is 0.678. The first kappa shape index (κ1) is 13.9. The van der Waals surface area contributed by atoms with Gasteiger partial charge in [0, 0.05) is 18.6 Å². The van der Waals surface area contributed by atoms with Gasteiger partial charge in [-0.25, -0.2) is 0 Å². The third kappa shape index (κ3) is 4.97. The van der Waals surface area contributed by atoms with Crippen LogP contribution in [0, 0.1) is 5.92 Å². The van der Waals surface area contributed by atoms with E-state index in [2.05, 4.69) is 51.9 Å². The van der Waals surface area contributed by atoms with Gasteiger partial charge in [-0.05, 0) is 32.9 Å². The molecule has 0 rings (SSSR count). The van der Waals surface area contributed by atoms with Gasteiger partial charge in [-0.3, -0.25) is 0 Å². The minimum absolute atomic E-state index is 0.627. The van der Waals surface area contributed by atoms with E-state index >= 15 is 0 Å². The van der Waals surface area contributed by atoms with Crippen molar-refractivity contribution in [3.63, 3.8) is 0 Å². The van der Waals surface area contributed by atoms with Crippen LogP contribution in [-0.4, -0.2) is 37.1 Å². The fourth-order valence-corrected chi connectivity index (χ4v) is 1.97. The van der Waals surface area contributed by atoms with E-state index in [1.54, 1.807) is 0 Å². The summed E-state index contributed by atoms with van der Waals surface area (Å²) in [5.74, 6) is 0.751. The standard InChI is InChI=1S/C12H28N2/c1-7-12(13-8-2)11(5)14(6)9-10(3)4/h10-13H,7-9H2,1-6H3. The molecule has 0 bridgehead atoms. The summed E-state index contributed by atoms with van der Waals surface area (Å²) < 4.78 is 0. The lowest BCUT2D eigenvalue weighted by Crippen LogP contribution is -2.47. The van der Waals surface area contributed by atoms with Crippen LogP contribution in [0.3, 0.4) is 0 Å². The third-order valence-corrected chi connectivity index (χ3v) is 2.84. The second-order valence-electron chi connectivity index (χ2n) is 4.65. The molecule has 0 saturated carbocycles. The Labute approximate surface area is 90.1 Å². The summed E-state index contributed by atoms with van der Waals surface area (Å²) in [5, 5.41) is 3.54. The van der Waals surface area contributed by atoms with Crippen molar-refractivity contribution in [2.45, 2.75) is 53.1 Å². The van der Waals surface area contributed by atoms with E-state index < -0.39 is 0 Å². The molecule has 86 valence electrons. The molecule has 0 spiro atoms. The molecule has 2 heteroatoms. The van der Waals surface area contributed by atoms with Gasteiger partial charge < -0.3 is 10.2 Å². The van der Waals surface area contributed by atoms with Crippen LogP contribution >= 0.6 is 0 Å². The zero-order valence-electron chi connectivity index (χ0n) is 10.8. The monoisotopic (exact) mass is 200 g/mol. The fourth-order valence-electron chi connectivity index (χ4n) is 1.97. The first-order valence-corrected chi connectivity index (χ1v) is 5.96. The van der Waals surface area contributed by atoms with Crippen molar-refractivity contribution in [3.8, 4) is 0 Å². The molecular formula is C12H28N2. The summed E-state index contributed by atoms with van der Waals surface area (Å²) in [4.78, 5) is 2.46. The lowest BCUT2D eigenvalue weighted by atomic mass is 10.0. The highest BCUT2D eigenvalue weighted by atomic mass is 15.2. The molecular weight excluding hydrogens is 172 g/mol. The van der Waals surface area contributed by atoms with Gasteiger partial charge in [-0.2, -0.15) is 0 Å². The topological polar surface area (TPSA) is 15.3 Å². The maximum absolute atomic E-state index is 3.54. The normalized spacial score (nSPS) is 16.3. The first-order chi connectivity index (χ1) is 6.52. The average molecular weight is 200 g/mol. The summed E-state index contributed by atoms with van der Waals surface area (Å²) in [6.07, 6.45) is 1.21. The fraction of sp³-hybridized carbons (Fsp3) is 1.00. The van der Waals surface area contributed by atoms with Gasteiger partial charge in [-0.1, -0.05) is 27.7 Å². The van der Waals surface area contributed by atoms with Crippen molar-refractivity contribution >= 4 is 0 Å². The van der Waals surface area contributed by atoms with Crippen LogP contribution in [0.25, 0.3) is 0 Å². The van der Waals surface area contributed by atoms with Crippen LogP contribution in [0.2, 0.25) is 0 Å². The molecule has 0 saturated heterocycles. The van der Waals surface area contributed by atoms with Crippen molar-refractivity contribution < 1.29 is 0 Å². The van der Waals surface area contributed by atoms with E-state index in [0.29, 0.717) is 12.1 Å². The SMILES string of the molecule is CCNC(CC)C(C)N(C)CC(C)C. The summed E-state index contributed by atoms with van der Waals surface area (Å²) in [6.45, 7) is 13.6. The first-order valence-electron chi connectivity index (χ1n) is 5.96. The van der Waals surface area contributed by atoms with Crippen molar-refractivity contribution in [1.82, 2.24) is 10.2 Å². The predicted molar refractivity (Wildman–Crippen MR) is 64.7 cm³/mol. The Balaban J connectivity index is 4.04. The summed E-state index contributed by atoms with van der Waals surface area (Å²) in [7, 11) is 2.23. The number of rotatable bonds is 7. The molecule has 14 heavy (non-hydrogen) atoms. The van der Waals surface area contributed by atoms with Crippen molar-refractivity contribution in [1.29, 1.82) is 0 Å². The molecule has 0 aliphatic rings. The molecule has 2 nitrogen and oxygen atoms in total. The van der Waals surface area contributed by atoms with E-state index in [1.807, 2.05) is 0 Å². The van der Waals surface area contributed by atoms with Crippen LogP contribution in [-0.2, 0) is 0 Å². The molecule has 0 heterocycles. The van der Waals surface area contributed by atoms with Crippen molar-refractivity contribution in [2.24, 2.45) is 5.92 Å². The lowest BCUT2D eigenvalue weighted by molar-refractivity contribution is 0.185. The van der Waals surface area contributed by atoms with E-state index in [0.717, 1.165) is 12.5 Å². The summed E-state index contributed by atoms with van der Waals surface area (Å²) in [5.41, 5.74) is 0. The van der Waals surface area contributed by atoms with Gasteiger partial charge in [0.25, 0.3) is 0 Å². The van der Waals surface area contributed by atoms with Gasteiger partial charge in [0.05, 0.1) is 0 Å². The van der Waals surface area contributed by atoms with E-state index in [-0.39, 0.29) is 0 Å².